The Balaban J connectivity index is 1.82. The Morgan fingerprint density at radius 3 is 2.69 bits per heavy atom. The summed E-state index contributed by atoms with van der Waals surface area (Å²) in [5.74, 6) is -1.26. The van der Waals surface area contributed by atoms with Crippen LogP contribution in [0.1, 0.15) is 29.4 Å². The van der Waals surface area contributed by atoms with E-state index >= 15 is 0 Å². The van der Waals surface area contributed by atoms with Gasteiger partial charge in [-0.2, -0.15) is 0 Å². The highest BCUT2D eigenvalue weighted by molar-refractivity contribution is 7.88. The molecule has 2 heterocycles. The number of amides is 1. The van der Waals surface area contributed by atoms with Gasteiger partial charge in [-0.1, -0.05) is 41.7 Å². The fraction of sp³-hybridized carbons (Fsp3) is 0.421. The summed E-state index contributed by atoms with van der Waals surface area (Å²) < 4.78 is 30.0. The molecule has 0 radical (unpaired) electrons. The highest BCUT2D eigenvalue weighted by Crippen LogP contribution is 2.32. The number of esters is 1. The molecule has 1 aromatic heterocycles. The fourth-order valence-corrected chi connectivity index (χ4v) is 4.96. The topological polar surface area (TPSA) is 106 Å². The second-order valence-electron chi connectivity index (χ2n) is 6.73. The first-order valence-corrected chi connectivity index (χ1v) is 12.0. The summed E-state index contributed by atoms with van der Waals surface area (Å²) in [6.45, 7) is 2.52. The summed E-state index contributed by atoms with van der Waals surface area (Å²) in [5.41, 5.74) is 1.19. The van der Waals surface area contributed by atoms with E-state index in [4.69, 9.17) is 4.74 Å². The van der Waals surface area contributed by atoms with E-state index in [1.807, 2.05) is 30.3 Å². The number of nitrogens with one attached hydrogen (secondary N) is 1. The Morgan fingerprint density at radius 1 is 1.31 bits per heavy atom. The van der Waals surface area contributed by atoms with Crippen molar-refractivity contribution in [3.05, 3.63) is 35.2 Å². The molecule has 1 saturated heterocycles. The molecule has 0 bridgehead atoms. The van der Waals surface area contributed by atoms with E-state index in [0.29, 0.717) is 30.0 Å². The molecule has 1 N–H and O–H groups in total. The Kier molecular flexibility index (Phi) is 6.66. The lowest BCUT2D eigenvalue weighted by atomic mass is 9.99. The minimum absolute atomic E-state index is 0.145. The maximum atomic E-state index is 12.7. The van der Waals surface area contributed by atoms with E-state index in [1.165, 1.54) is 4.31 Å². The summed E-state index contributed by atoms with van der Waals surface area (Å²) in [5, 5.41) is 3.04. The molecule has 0 aliphatic carbocycles. The summed E-state index contributed by atoms with van der Waals surface area (Å²) in [6, 6.07) is 9.19. The molecule has 10 heteroatoms. The fourth-order valence-electron chi connectivity index (χ4n) is 3.17. The number of benzene rings is 1. The van der Waals surface area contributed by atoms with E-state index in [9.17, 15) is 18.0 Å². The van der Waals surface area contributed by atoms with Crippen molar-refractivity contribution in [2.45, 2.75) is 19.8 Å². The van der Waals surface area contributed by atoms with E-state index in [2.05, 4.69) is 10.3 Å². The van der Waals surface area contributed by atoms with Crippen LogP contribution in [0.3, 0.4) is 0 Å². The Labute approximate surface area is 173 Å². The number of carbonyl (C=O) groups is 2. The van der Waals surface area contributed by atoms with Crippen molar-refractivity contribution < 1.29 is 22.7 Å². The number of nitrogens with zero attached hydrogens (tertiary/aromatic N) is 2. The predicted molar refractivity (Wildman–Crippen MR) is 111 cm³/mol. The molecule has 2 aromatic rings. The van der Waals surface area contributed by atoms with Gasteiger partial charge in [0.05, 0.1) is 24.5 Å². The zero-order chi connectivity index (χ0) is 21.0. The number of aromatic nitrogens is 1. The van der Waals surface area contributed by atoms with Crippen molar-refractivity contribution >= 4 is 38.4 Å². The first-order valence-electron chi connectivity index (χ1n) is 9.29. The SMILES string of the molecule is CCOC(=O)c1sc(NC(=O)[C@H]2CCCN(S(C)(=O)=O)C2)nc1-c1ccccc1. The van der Waals surface area contributed by atoms with Crippen LogP contribution in [0, 0.1) is 5.92 Å². The van der Waals surface area contributed by atoms with Gasteiger partial charge < -0.3 is 10.1 Å². The molecule has 1 amide bonds. The number of hydrogen-bond donors (Lipinski definition) is 1. The highest BCUT2D eigenvalue weighted by atomic mass is 32.2. The third-order valence-electron chi connectivity index (χ3n) is 4.59. The molecular weight excluding hydrogens is 414 g/mol. The van der Waals surface area contributed by atoms with E-state index < -0.39 is 21.9 Å². The molecular formula is C19H23N3O5S2. The number of piperidine rings is 1. The molecule has 3 rings (SSSR count). The minimum Gasteiger partial charge on any atom is -0.462 e. The predicted octanol–water partition coefficient (Wildman–Crippen LogP) is 2.60. The second-order valence-corrected chi connectivity index (χ2v) is 9.71. The van der Waals surface area contributed by atoms with Gasteiger partial charge in [-0.25, -0.2) is 22.5 Å². The average molecular weight is 438 g/mol. The van der Waals surface area contributed by atoms with Crippen molar-refractivity contribution in [2.75, 3.05) is 31.3 Å². The molecule has 29 heavy (non-hydrogen) atoms. The van der Waals surface area contributed by atoms with E-state index in [0.717, 1.165) is 23.2 Å². The molecule has 1 aromatic carbocycles. The number of sulfonamides is 1. The van der Waals surface area contributed by atoms with Gasteiger partial charge >= 0.3 is 5.97 Å². The monoisotopic (exact) mass is 437 g/mol. The second kappa shape index (κ2) is 9.02. The zero-order valence-corrected chi connectivity index (χ0v) is 17.9. The summed E-state index contributed by atoms with van der Waals surface area (Å²) >= 11 is 1.05. The Bertz CT molecular complexity index is 989. The van der Waals surface area contributed by atoms with Crippen molar-refractivity contribution in [2.24, 2.45) is 5.92 Å². The number of thiazole rings is 1. The van der Waals surface area contributed by atoms with Crippen LogP contribution in [0.2, 0.25) is 0 Å². The standard InChI is InChI=1S/C19H23N3O5S2/c1-3-27-18(24)16-15(13-8-5-4-6-9-13)20-19(28-16)21-17(23)14-10-7-11-22(12-14)29(2,25)26/h4-6,8-9,14H,3,7,10-12H2,1-2H3,(H,20,21,23)/t14-/m0/s1. The first-order chi connectivity index (χ1) is 13.8. The van der Waals surface area contributed by atoms with Crippen LogP contribution in [0.25, 0.3) is 11.3 Å². The molecule has 8 nitrogen and oxygen atoms in total. The number of carbonyl (C=O) groups excluding carboxylic acids is 2. The Hall–Kier alpha value is -2.30. The van der Waals surface area contributed by atoms with Crippen LogP contribution in [-0.2, 0) is 19.6 Å². The van der Waals surface area contributed by atoms with Crippen molar-refractivity contribution in [1.82, 2.24) is 9.29 Å². The number of ether oxygens (including phenoxy) is 1. The molecule has 1 fully saturated rings. The van der Waals surface area contributed by atoms with Crippen LogP contribution >= 0.6 is 11.3 Å². The summed E-state index contributed by atoms with van der Waals surface area (Å²) in [6.07, 6.45) is 2.36. The van der Waals surface area contributed by atoms with Crippen LogP contribution in [0.5, 0.6) is 0 Å². The lowest BCUT2D eigenvalue weighted by Gasteiger charge is -2.29. The van der Waals surface area contributed by atoms with Gasteiger partial charge in [0.2, 0.25) is 15.9 Å². The number of rotatable bonds is 6. The summed E-state index contributed by atoms with van der Waals surface area (Å²) in [4.78, 5) is 29.8. The lowest BCUT2D eigenvalue weighted by molar-refractivity contribution is -0.120. The Morgan fingerprint density at radius 2 is 2.03 bits per heavy atom. The van der Waals surface area contributed by atoms with Gasteiger partial charge in [-0.3, -0.25) is 4.79 Å². The molecule has 156 valence electrons. The van der Waals surface area contributed by atoms with E-state index in [1.54, 1.807) is 6.92 Å². The van der Waals surface area contributed by atoms with Crippen molar-refractivity contribution in [3.8, 4) is 11.3 Å². The summed E-state index contributed by atoms with van der Waals surface area (Å²) in [7, 11) is -3.34. The van der Waals surface area contributed by atoms with Gasteiger partial charge in [0.1, 0.15) is 4.88 Å². The third kappa shape index (κ3) is 5.20. The largest absolute Gasteiger partial charge is 0.462 e. The van der Waals surface area contributed by atoms with Gasteiger partial charge in [-0.15, -0.1) is 0 Å². The number of anilines is 1. The van der Waals surface area contributed by atoms with E-state index in [-0.39, 0.29) is 24.2 Å². The zero-order valence-electron chi connectivity index (χ0n) is 16.3. The quantitative estimate of drug-likeness (QED) is 0.697. The third-order valence-corrected chi connectivity index (χ3v) is 6.81. The van der Waals surface area contributed by atoms with Crippen LogP contribution in [0.4, 0.5) is 5.13 Å². The smallest absolute Gasteiger partial charge is 0.350 e. The first kappa shape index (κ1) is 21.4. The number of hydrogen-bond acceptors (Lipinski definition) is 7. The maximum absolute atomic E-state index is 12.7. The van der Waals surface area contributed by atoms with Crippen molar-refractivity contribution in [1.29, 1.82) is 0 Å². The highest BCUT2D eigenvalue weighted by Gasteiger charge is 2.31. The molecule has 1 aliphatic rings. The molecule has 0 saturated carbocycles. The van der Waals surface area contributed by atoms with Gasteiger partial charge in [-0.05, 0) is 19.8 Å². The average Bonchev–Trinajstić information content (AvgIpc) is 3.12. The molecule has 0 spiro atoms. The van der Waals surface area contributed by atoms with Crippen LogP contribution < -0.4 is 5.32 Å². The molecule has 0 unspecified atom stereocenters. The van der Waals surface area contributed by atoms with Gasteiger partial charge in [0.15, 0.2) is 5.13 Å². The molecule has 1 aliphatic heterocycles. The van der Waals surface area contributed by atoms with Gasteiger partial charge in [0, 0.05) is 18.7 Å². The van der Waals surface area contributed by atoms with Crippen LogP contribution in [-0.4, -0.2) is 55.5 Å². The lowest BCUT2D eigenvalue weighted by Crippen LogP contribution is -2.43. The minimum atomic E-state index is -3.34. The maximum Gasteiger partial charge on any atom is 0.350 e. The molecule has 1 atom stereocenters. The van der Waals surface area contributed by atoms with Gasteiger partial charge in [0.25, 0.3) is 0 Å². The normalized spacial score (nSPS) is 17.7. The van der Waals surface area contributed by atoms with Crippen molar-refractivity contribution in [3.63, 3.8) is 0 Å². The van der Waals surface area contributed by atoms with Crippen LogP contribution in [0.15, 0.2) is 30.3 Å².